The number of hydrogen-bond donors (Lipinski definition) is 1. The molecule has 3 atom stereocenters. The van der Waals surface area contributed by atoms with Crippen LogP contribution in [0.5, 0.6) is 0 Å². The zero-order valence-corrected chi connectivity index (χ0v) is 10.9. The van der Waals surface area contributed by atoms with Crippen LogP contribution in [0, 0.1) is 11.2 Å². The number of benzene rings is 1. The van der Waals surface area contributed by atoms with E-state index in [1.807, 2.05) is 0 Å². The molecule has 0 aliphatic carbocycles. The quantitative estimate of drug-likeness (QED) is 0.916. The predicted molar refractivity (Wildman–Crippen MR) is 69.1 cm³/mol. The lowest BCUT2D eigenvalue weighted by molar-refractivity contribution is 0.0636. The summed E-state index contributed by atoms with van der Waals surface area (Å²) in [5.41, 5.74) is 7.05. The van der Waals surface area contributed by atoms with Crippen LogP contribution in [0.4, 0.5) is 4.39 Å². The molecular formula is C14H17ClFNO. The van der Waals surface area contributed by atoms with Crippen LogP contribution in [0.3, 0.4) is 0 Å². The summed E-state index contributed by atoms with van der Waals surface area (Å²) in [6.07, 6.45) is 4.71. The van der Waals surface area contributed by atoms with Gasteiger partial charge >= 0.3 is 0 Å². The van der Waals surface area contributed by atoms with E-state index in [1.54, 1.807) is 12.1 Å². The van der Waals surface area contributed by atoms with E-state index < -0.39 is 0 Å². The largest absolute Gasteiger partial charge is 0.374 e. The summed E-state index contributed by atoms with van der Waals surface area (Å²) >= 11 is 5.83. The molecule has 4 heteroatoms. The van der Waals surface area contributed by atoms with E-state index in [0.717, 1.165) is 31.2 Å². The predicted octanol–water partition coefficient (Wildman–Crippen LogP) is 2.92. The Morgan fingerprint density at radius 3 is 2.83 bits per heavy atom. The zero-order valence-electron chi connectivity index (χ0n) is 10.2. The summed E-state index contributed by atoms with van der Waals surface area (Å²) in [6.45, 7) is 0.614. The van der Waals surface area contributed by atoms with Crippen molar-refractivity contribution in [3.8, 4) is 0 Å². The fourth-order valence-electron chi connectivity index (χ4n) is 3.42. The Hall–Kier alpha value is -0.640. The molecule has 2 aliphatic heterocycles. The van der Waals surface area contributed by atoms with Gasteiger partial charge in [-0.25, -0.2) is 4.39 Å². The number of nitrogens with two attached hydrogens (primary N) is 1. The Balaban J connectivity index is 1.84. The summed E-state index contributed by atoms with van der Waals surface area (Å²) in [4.78, 5) is 0. The highest BCUT2D eigenvalue weighted by molar-refractivity contribution is 6.30. The number of ether oxygens (including phenoxy) is 1. The van der Waals surface area contributed by atoms with Crippen molar-refractivity contribution >= 4 is 11.6 Å². The van der Waals surface area contributed by atoms with Gasteiger partial charge in [-0.1, -0.05) is 17.7 Å². The maximum Gasteiger partial charge on any atom is 0.141 e. The summed E-state index contributed by atoms with van der Waals surface area (Å²) in [6, 6.07) is 4.93. The Kier molecular flexibility index (Phi) is 3.08. The summed E-state index contributed by atoms with van der Waals surface area (Å²) in [5, 5.41) is 0.184. The summed E-state index contributed by atoms with van der Waals surface area (Å²) in [7, 11) is 0. The van der Waals surface area contributed by atoms with Crippen molar-refractivity contribution < 1.29 is 9.13 Å². The third kappa shape index (κ3) is 1.94. The number of fused-ring (bicyclic) bond motifs is 2. The normalized spacial score (nSPS) is 34.2. The van der Waals surface area contributed by atoms with Crippen molar-refractivity contribution in [1.29, 1.82) is 0 Å². The molecule has 2 heterocycles. The van der Waals surface area contributed by atoms with E-state index in [1.165, 1.54) is 6.07 Å². The summed E-state index contributed by atoms with van der Waals surface area (Å²) in [5.74, 6) is -0.369. The van der Waals surface area contributed by atoms with Crippen molar-refractivity contribution in [3.05, 3.63) is 34.6 Å². The molecule has 2 bridgehead atoms. The Bertz CT molecular complexity index is 467. The molecular weight excluding hydrogens is 253 g/mol. The van der Waals surface area contributed by atoms with Crippen LogP contribution in [0.15, 0.2) is 18.2 Å². The molecule has 2 nitrogen and oxygen atoms in total. The van der Waals surface area contributed by atoms with Gasteiger partial charge in [-0.2, -0.15) is 0 Å². The summed E-state index contributed by atoms with van der Waals surface area (Å²) < 4.78 is 19.1. The highest BCUT2D eigenvalue weighted by Crippen LogP contribution is 2.49. The molecule has 2 fully saturated rings. The lowest BCUT2D eigenvalue weighted by Gasteiger charge is -2.34. The molecule has 2 N–H and O–H groups in total. The second-order valence-corrected chi connectivity index (χ2v) is 5.93. The lowest BCUT2D eigenvalue weighted by atomic mass is 9.70. The van der Waals surface area contributed by atoms with Crippen LogP contribution >= 0.6 is 11.6 Å². The molecule has 18 heavy (non-hydrogen) atoms. The van der Waals surface area contributed by atoms with Crippen molar-refractivity contribution in [3.63, 3.8) is 0 Å². The van der Waals surface area contributed by atoms with Crippen LogP contribution in [0.2, 0.25) is 5.02 Å². The van der Waals surface area contributed by atoms with Crippen LogP contribution in [0.1, 0.15) is 24.8 Å². The zero-order chi connectivity index (χ0) is 12.8. The molecule has 1 aromatic rings. The first-order chi connectivity index (χ1) is 8.63. The highest BCUT2D eigenvalue weighted by atomic mass is 35.5. The van der Waals surface area contributed by atoms with Gasteiger partial charge in [-0.15, -0.1) is 0 Å². The van der Waals surface area contributed by atoms with E-state index in [2.05, 4.69) is 0 Å². The van der Waals surface area contributed by atoms with E-state index in [4.69, 9.17) is 22.1 Å². The van der Waals surface area contributed by atoms with E-state index >= 15 is 0 Å². The maximum absolute atomic E-state index is 13.2. The SMILES string of the molecule is NCC1(Cc2ccc(F)c(Cl)c2)CC2CCC1O2. The monoisotopic (exact) mass is 269 g/mol. The Labute approximate surface area is 111 Å². The van der Waals surface area contributed by atoms with Gasteiger partial charge < -0.3 is 10.5 Å². The first-order valence-electron chi connectivity index (χ1n) is 6.42. The van der Waals surface area contributed by atoms with Crippen molar-refractivity contribution in [2.75, 3.05) is 6.54 Å². The van der Waals surface area contributed by atoms with Gasteiger partial charge in [0.25, 0.3) is 0 Å². The van der Waals surface area contributed by atoms with E-state index in [0.29, 0.717) is 12.6 Å². The van der Waals surface area contributed by atoms with Crippen LogP contribution in [0.25, 0.3) is 0 Å². The standard InChI is InChI=1S/C14H17ClFNO/c15-11-5-9(1-3-12(11)16)6-14(8-17)7-10-2-4-13(14)18-10/h1,3,5,10,13H,2,4,6-8,17H2. The lowest BCUT2D eigenvalue weighted by Crippen LogP contribution is -2.41. The highest BCUT2D eigenvalue weighted by Gasteiger charge is 2.51. The van der Waals surface area contributed by atoms with Gasteiger partial charge in [-0.3, -0.25) is 0 Å². The minimum Gasteiger partial charge on any atom is -0.374 e. The first kappa shape index (κ1) is 12.4. The Morgan fingerprint density at radius 2 is 2.28 bits per heavy atom. The molecule has 0 saturated carbocycles. The van der Waals surface area contributed by atoms with E-state index in [9.17, 15) is 4.39 Å². The molecule has 0 amide bonds. The molecule has 0 radical (unpaired) electrons. The van der Waals surface area contributed by atoms with Gasteiger partial charge in [0.2, 0.25) is 0 Å². The molecule has 0 aromatic heterocycles. The van der Waals surface area contributed by atoms with Gasteiger partial charge in [0.05, 0.1) is 17.2 Å². The number of hydrogen-bond acceptors (Lipinski definition) is 2. The average Bonchev–Trinajstić information content (AvgIpc) is 2.94. The molecule has 3 rings (SSSR count). The van der Waals surface area contributed by atoms with Crippen LogP contribution in [-0.2, 0) is 11.2 Å². The number of rotatable bonds is 3. The fourth-order valence-corrected chi connectivity index (χ4v) is 3.62. The number of halogens is 2. The van der Waals surface area contributed by atoms with Crippen LogP contribution < -0.4 is 5.73 Å². The molecule has 2 aliphatic rings. The molecule has 98 valence electrons. The minimum absolute atomic E-state index is 0.0179. The topological polar surface area (TPSA) is 35.2 Å². The maximum atomic E-state index is 13.2. The minimum atomic E-state index is -0.369. The van der Waals surface area contributed by atoms with Gasteiger partial charge in [-0.05, 0) is 43.4 Å². The molecule has 0 spiro atoms. The van der Waals surface area contributed by atoms with Gasteiger partial charge in [0.15, 0.2) is 0 Å². The third-order valence-corrected chi connectivity index (χ3v) is 4.66. The van der Waals surface area contributed by atoms with Crippen molar-refractivity contribution in [1.82, 2.24) is 0 Å². The van der Waals surface area contributed by atoms with Crippen molar-refractivity contribution in [2.45, 2.75) is 37.9 Å². The second-order valence-electron chi connectivity index (χ2n) is 5.52. The molecule has 2 saturated heterocycles. The van der Waals surface area contributed by atoms with E-state index in [-0.39, 0.29) is 22.4 Å². The smallest absolute Gasteiger partial charge is 0.141 e. The fraction of sp³-hybridized carbons (Fsp3) is 0.571. The molecule has 3 unspecified atom stereocenters. The average molecular weight is 270 g/mol. The van der Waals surface area contributed by atoms with Crippen LogP contribution in [-0.4, -0.2) is 18.8 Å². The van der Waals surface area contributed by atoms with Gasteiger partial charge in [0.1, 0.15) is 5.82 Å². The third-order valence-electron chi connectivity index (χ3n) is 4.37. The van der Waals surface area contributed by atoms with Crippen molar-refractivity contribution in [2.24, 2.45) is 11.1 Å². The second kappa shape index (κ2) is 4.48. The van der Waals surface area contributed by atoms with Gasteiger partial charge in [0, 0.05) is 12.0 Å². The first-order valence-corrected chi connectivity index (χ1v) is 6.80. The Morgan fingerprint density at radius 1 is 1.44 bits per heavy atom. The molecule has 1 aromatic carbocycles.